The van der Waals surface area contributed by atoms with E-state index in [1.807, 2.05) is 0 Å². The van der Waals surface area contributed by atoms with E-state index < -0.39 is 0 Å². The van der Waals surface area contributed by atoms with E-state index in [4.69, 9.17) is 4.74 Å². The summed E-state index contributed by atoms with van der Waals surface area (Å²) in [5.41, 5.74) is 1.43. The van der Waals surface area contributed by atoms with Crippen molar-refractivity contribution < 1.29 is 4.74 Å². The number of hydrogen-bond acceptors (Lipinski definition) is 3. The Hall–Kier alpha value is -0.900. The Morgan fingerprint density at radius 3 is 2.59 bits per heavy atom. The molecule has 0 aliphatic carbocycles. The second-order valence-electron chi connectivity index (χ2n) is 6.68. The zero-order valence-corrected chi connectivity index (χ0v) is 14.3. The van der Waals surface area contributed by atoms with Gasteiger partial charge in [-0.1, -0.05) is 30.3 Å². The van der Waals surface area contributed by atoms with E-state index in [-0.39, 0.29) is 0 Å². The van der Waals surface area contributed by atoms with Crippen molar-refractivity contribution in [3.63, 3.8) is 0 Å². The molecule has 1 aromatic carbocycles. The molecule has 124 valence electrons. The summed E-state index contributed by atoms with van der Waals surface area (Å²) in [4.78, 5) is 2.59. The van der Waals surface area contributed by atoms with Crippen LogP contribution in [0.15, 0.2) is 30.3 Å². The first-order chi connectivity index (χ1) is 10.7. The van der Waals surface area contributed by atoms with E-state index >= 15 is 0 Å². The van der Waals surface area contributed by atoms with Gasteiger partial charge in [-0.15, -0.1) is 0 Å². The van der Waals surface area contributed by atoms with Gasteiger partial charge in [-0.25, -0.2) is 0 Å². The molecular formula is C19H32N2O. The number of nitrogens with one attached hydrogen (secondary N) is 1. The highest BCUT2D eigenvalue weighted by Gasteiger charge is 2.18. The van der Waals surface area contributed by atoms with Crippen LogP contribution in [-0.2, 0) is 11.3 Å². The molecule has 1 saturated heterocycles. The number of ether oxygens (including phenoxy) is 1. The highest BCUT2D eigenvalue weighted by Crippen LogP contribution is 2.18. The fraction of sp³-hybridized carbons (Fsp3) is 0.684. The van der Waals surface area contributed by atoms with Crippen LogP contribution in [0.3, 0.4) is 0 Å². The standard InChI is InChI=1S/C19H32N2O/c1-17(2)22-14-6-11-20-15-18-9-12-21(13-10-18)16-19-7-4-3-5-8-19/h3-5,7-8,17-18,20H,6,9-16H2,1-2H3. The predicted molar refractivity (Wildman–Crippen MR) is 93.0 cm³/mol. The van der Waals surface area contributed by atoms with E-state index in [2.05, 4.69) is 54.4 Å². The zero-order chi connectivity index (χ0) is 15.6. The molecule has 0 atom stereocenters. The fourth-order valence-electron chi connectivity index (χ4n) is 3.01. The summed E-state index contributed by atoms with van der Waals surface area (Å²) in [7, 11) is 0. The Morgan fingerprint density at radius 2 is 1.91 bits per heavy atom. The van der Waals surface area contributed by atoms with Crippen LogP contribution < -0.4 is 5.32 Å². The van der Waals surface area contributed by atoms with Crippen LogP contribution in [0.4, 0.5) is 0 Å². The summed E-state index contributed by atoms with van der Waals surface area (Å²) in [6.07, 6.45) is 4.12. The largest absolute Gasteiger partial charge is 0.379 e. The monoisotopic (exact) mass is 304 g/mol. The van der Waals surface area contributed by atoms with Gasteiger partial charge in [-0.05, 0) is 70.8 Å². The van der Waals surface area contributed by atoms with Crippen LogP contribution in [0, 0.1) is 5.92 Å². The van der Waals surface area contributed by atoms with Crippen LogP contribution in [0.2, 0.25) is 0 Å². The summed E-state index contributed by atoms with van der Waals surface area (Å²) in [5, 5.41) is 3.59. The Bertz CT molecular complexity index is 386. The van der Waals surface area contributed by atoms with Gasteiger partial charge in [0.1, 0.15) is 0 Å². The summed E-state index contributed by atoms with van der Waals surface area (Å²) in [6.45, 7) is 10.9. The molecule has 0 amide bonds. The highest BCUT2D eigenvalue weighted by atomic mass is 16.5. The number of nitrogens with zero attached hydrogens (tertiary/aromatic N) is 1. The molecule has 1 aliphatic heterocycles. The lowest BCUT2D eigenvalue weighted by atomic mass is 9.96. The number of benzene rings is 1. The van der Waals surface area contributed by atoms with Gasteiger partial charge in [0.2, 0.25) is 0 Å². The van der Waals surface area contributed by atoms with Crippen molar-refractivity contribution >= 4 is 0 Å². The molecule has 1 aromatic rings. The smallest absolute Gasteiger partial charge is 0.0518 e. The van der Waals surface area contributed by atoms with Crippen LogP contribution in [0.25, 0.3) is 0 Å². The number of hydrogen-bond donors (Lipinski definition) is 1. The van der Waals surface area contributed by atoms with Crippen LogP contribution >= 0.6 is 0 Å². The van der Waals surface area contributed by atoms with Crippen molar-refractivity contribution in [2.75, 3.05) is 32.8 Å². The van der Waals surface area contributed by atoms with Gasteiger partial charge in [-0.2, -0.15) is 0 Å². The third-order valence-electron chi connectivity index (χ3n) is 4.34. The van der Waals surface area contributed by atoms with Crippen LogP contribution in [0.5, 0.6) is 0 Å². The molecule has 1 N–H and O–H groups in total. The molecule has 0 saturated carbocycles. The lowest BCUT2D eigenvalue weighted by molar-refractivity contribution is 0.0767. The molecule has 0 spiro atoms. The second-order valence-corrected chi connectivity index (χ2v) is 6.68. The quantitative estimate of drug-likeness (QED) is 0.708. The van der Waals surface area contributed by atoms with Gasteiger partial charge < -0.3 is 10.1 Å². The van der Waals surface area contributed by atoms with E-state index in [9.17, 15) is 0 Å². The highest BCUT2D eigenvalue weighted by molar-refractivity contribution is 5.14. The molecule has 1 fully saturated rings. The minimum atomic E-state index is 0.356. The number of likely N-dealkylation sites (tertiary alicyclic amines) is 1. The Morgan fingerprint density at radius 1 is 1.18 bits per heavy atom. The van der Waals surface area contributed by atoms with Gasteiger partial charge in [0.15, 0.2) is 0 Å². The average molecular weight is 304 g/mol. The average Bonchev–Trinajstić information content (AvgIpc) is 2.53. The lowest BCUT2D eigenvalue weighted by Gasteiger charge is -2.32. The van der Waals surface area contributed by atoms with Gasteiger partial charge in [0, 0.05) is 13.2 Å². The molecule has 3 nitrogen and oxygen atoms in total. The summed E-state index contributed by atoms with van der Waals surface area (Å²) >= 11 is 0. The molecule has 0 bridgehead atoms. The number of piperidine rings is 1. The van der Waals surface area contributed by atoms with Gasteiger partial charge >= 0.3 is 0 Å². The molecule has 2 rings (SSSR count). The van der Waals surface area contributed by atoms with Crippen LogP contribution in [-0.4, -0.2) is 43.8 Å². The summed E-state index contributed by atoms with van der Waals surface area (Å²) in [6, 6.07) is 10.8. The lowest BCUT2D eigenvalue weighted by Crippen LogP contribution is -2.37. The maximum Gasteiger partial charge on any atom is 0.0518 e. The number of rotatable bonds is 9. The van der Waals surface area contributed by atoms with Crippen LogP contribution in [0.1, 0.15) is 38.7 Å². The zero-order valence-electron chi connectivity index (χ0n) is 14.3. The molecule has 0 unspecified atom stereocenters. The normalized spacial score (nSPS) is 17.2. The van der Waals surface area contributed by atoms with Crippen molar-refractivity contribution in [1.82, 2.24) is 10.2 Å². The minimum Gasteiger partial charge on any atom is -0.379 e. The first-order valence-corrected chi connectivity index (χ1v) is 8.82. The molecule has 1 aliphatic rings. The first-order valence-electron chi connectivity index (χ1n) is 8.82. The third-order valence-corrected chi connectivity index (χ3v) is 4.34. The van der Waals surface area contributed by atoms with E-state index in [0.29, 0.717) is 6.10 Å². The van der Waals surface area contributed by atoms with Crippen molar-refractivity contribution in [2.45, 2.75) is 45.8 Å². The first kappa shape index (κ1) is 17.5. The predicted octanol–water partition coefficient (Wildman–Crippen LogP) is 3.30. The Kier molecular flexibility index (Phi) is 7.92. The van der Waals surface area contributed by atoms with E-state index in [1.165, 1.54) is 38.0 Å². The summed E-state index contributed by atoms with van der Waals surface area (Å²) in [5.74, 6) is 0.845. The molecular weight excluding hydrogens is 272 g/mol. The minimum absolute atomic E-state index is 0.356. The molecule has 0 radical (unpaired) electrons. The summed E-state index contributed by atoms with van der Waals surface area (Å²) < 4.78 is 5.56. The maximum absolute atomic E-state index is 5.56. The second kappa shape index (κ2) is 9.98. The molecule has 22 heavy (non-hydrogen) atoms. The van der Waals surface area contributed by atoms with Gasteiger partial charge in [-0.3, -0.25) is 4.90 Å². The molecule has 3 heteroatoms. The Labute approximate surface area is 136 Å². The maximum atomic E-state index is 5.56. The van der Waals surface area contributed by atoms with Crippen molar-refractivity contribution in [3.8, 4) is 0 Å². The van der Waals surface area contributed by atoms with Gasteiger partial charge in [0.05, 0.1) is 6.10 Å². The van der Waals surface area contributed by atoms with Gasteiger partial charge in [0.25, 0.3) is 0 Å². The van der Waals surface area contributed by atoms with Crippen molar-refractivity contribution in [3.05, 3.63) is 35.9 Å². The van der Waals surface area contributed by atoms with Crippen molar-refractivity contribution in [2.24, 2.45) is 5.92 Å². The SMILES string of the molecule is CC(C)OCCCNCC1CCN(Cc2ccccc2)CC1. The molecule has 1 heterocycles. The topological polar surface area (TPSA) is 24.5 Å². The third kappa shape index (κ3) is 6.91. The van der Waals surface area contributed by atoms with Crippen molar-refractivity contribution in [1.29, 1.82) is 0 Å². The van der Waals surface area contributed by atoms with E-state index in [1.54, 1.807) is 0 Å². The van der Waals surface area contributed by atoms with E-state index in [0.717, 1.165) is 32.0 Å². The fourth-order valence-corrected chi connectivity index (χ4v) is 3.01. The Balaban J connectivity index is 1.52. The molecule has 0 aromatic heterocycles.